The maximum atomic E-state index is 13.4. The summed E-state index contributed by atoms with van der Waals surface area (Å²) in [6, 6.07) is 16.1. The molecule has 4 nitrogen and oxygen atoms in total. The molecule has 4 rings (SSSR count). The van der Waals surface area contributed by atoms with Gasteiger partial charge in [0.1, 0.15) is 5.82 Å². The molecule has 0 atom stereocenters. The number of unbranched alkanes of at least 4 members (excludes halogenated alkanes) is 1. The van der Waals surface area contributed by atoms with Crippen LogP contribution in [0.3, 0.4) is 0 Å². The smallest absolute Gasteiger partial charge is 0.259 e. The topological polar surface area (TPSA) is 45.2 Å². The molecule has 2 aromatic carbocycles. The molecule has 0 radical (unpaired) electrons. The van der Waals surface area contributed by atoms with Gasteiger partial charge in [0.15, 0.2) is 0 Å². The van der Waals surface area contributed by atoms with Crippen LogP contribution in [0.2, 0.25) is 0 Å². The number of carbonyl (C=O) groups is 1. The van der Waals surface area contributed by atoms with Crippen molar-refractivity contribution in [2.45, 2.75) is 43.4 Å². The van der Waals surface area contributed by atoms with E-state index in [-0.39, 0.29) is 5.91 Å². The number of anilines is 3. The summed E-state index contributed by atoms with van der Waals surface area (Å²) >= 11 is 1.64. The van der Waals surface area contributed by atoms with Gasteiger partial charge in [-0.2, -0.15) is 0 Å². The first-order valence-corrected chi connectivity index (χ1v) is 11.5. The molecule has 0 fully saturated rings. The minimum absolute atomic E-state index is 0.0414. The Morgan fingerprint density at radius 2 is 1.90 bits per heavy atom. The molecule has 0 aliphatic carbocycles. The number of nitrogens with zero attached hydrogens (tertiary/aromatic N) is 2. The number of hydrogen-bond acceptors (Lipinski definition) is 4. The van der Waals surface area contributed by atoms with Gasteiger partial charge in [0, 0.05) is 28.2 Å². The van der Waals surface area contributed by atoms with Crippen molar-refractivity contribution in [3.8, 4) is 0 Å². The number of nitrogens with one attached hydrogen (secondary N) is 1. The maximum absolute atomic E-state index is 13.4. The Balaban J connectivity index is 1.71. The van der Waals surface area contributed by atoms with Gasteiger partial charge in [0.05, 0.1) is 11.3 Å². The lowest BCUT2D eigenvalue weighted by atomic mass is 10.1. The number of hydrogen-bond donors (Lipinski definition) is 1. The molecule has 1 N–H and O–H groups in total. The predicted molar refractivity (Wildman–Crippen MR) is 130 cm³/mol. The van der Waals surface area contributed by atoms with Crippen LogP contribution in [0, 0.1) is 13.8 Å². The molecule has 0 bridgehead atoms. The van der Waals surface area contributed by atoms with E-state index in [1.165, 1.54) is 0 Å². The molecule has 0 spiro atoms. The van der Waals surface area contributed by atoms with Crippen molar-refractivity contribution < 1.29 is 4.79 Å². The second kappa shape index (κ2) is 9.40. The minimum atomic E-state index is 0.0414. The first-order valence-electron chi connectivity index (χ1n) is 10.6. The van der Waals surface area contributed by atoms with Crippen LogP contribution >= 0.6 is 11.8 Å². The summed E-state index contributed by atoms with van der Waals surface area (Å²) in [6.07, 6.45) is 8.23. The standard InChI is InChI=1S/C26H27N3OS/c1-4-5-6-9-14-29-22-13-12-20(28-25-19(3)15-18(2)17-27-25)16-24(22)31-23-11-8-7-10-21(23)26(29)30/h6-13,15-17H,4-5,14H2,1-3H3,(H,27,28)/b9-6+. The minimum Gasteiger partial charge on any atom is -0.340 e. The van der Waals surface area contributed by atoms with E-state index in [1.54, 1.807) is 11.8 Å². The normalized spacial score (nSPS) is 13.1. The second-order valence-corrected chi connectivity index (χ2v) is 8.84. The van der Waals surface area contributed by atoms with E-state index >= 15 is 0 Å². The zero-order valence-electron chi connectivity index (χ0n) is 18.2. The van der Waals surface area contributed by atoms with Gasteiger partial charge < -0.3 is 10.2 Å². The van der Waals surface area contributed by atoms with Crippen molar-refractivity contribution in [1.29, 1.82) is 0 Å². The van der Waals surface area contributed by atoms with Gasteiger partial charge in [-0.15, -0.1) is 0 Å². The fourth-order valence-corrected chi connectivity index (χ4v) is 4.75. The Morgan fingerprint density at radius 3 is 2.71 bits per heavy atom. The molecule has 31 heavy (non-hydrogen) atoms. The quantitative estimate of drug-likeness (QED) is 0.432. The van der Waals surface area contributed by atoms with E-state index in [0.717, 1.165) is 56.5 Å². The molecule has 3 aromatic rings. The lowest BCUT2D eigenvalue weighted by Crippen LogP contribution is -2.31. The van der Waals surface area contributed by atoms with E-state index in [0.29, 0.717) is 6.54 Å². The van der Waals surface area contributed by atoms with Crippen LogP contribution in [0.15, 0.2) is 76.7 Å². The van der Waals surface area contributed by atoms with E-state index in [1.807, 2.05) is 54.4 Å². The van der Waals surface area contributed by atoms with Crippen LogP contribution in [0.5, 0.6) is 0 Å². The molecule has 2 heterocycles. The highest BCUT2D eigenvalue weighted by atomic mass is 32.2. The number of allylic oxidation sites excluding steroid dienone is 1. The SMILES string of the molecule is CCC/C=C/CN1C(=O)c2ccccc2Sc2cc(Nc3ncc(C)cc3C)ccc21. The highest BCUT2D eigenvalue weighted by Crippen LogP contribution is 2.42. The molecule has 0 saturated heterocycles. The number of aryl methyl sites for hydroxylation is 2. The number of amides is 1. The largest absolute Gasteiger partial charge is 0.340 e. The third kappa shape index (κ3) is 4.67. The molecule has 158 valence electrons. The van der Waals surface area contributed by atoms with Crippen LogP contribution < -0.4 is 10.2 Å². The number of rotatable bonds is 6. The van der Waals surface area contributed by atoms with E-state index in [2.05, 4.69) is 48.4 Å². The highest BCUT2D eigenvalue weighted by Gasteiger charge is 2.26. The lowest BCUT2D eigenvalue weighted by Gasteiger charge is -2.22. The third-order valence-corrected chi connectivity index (χ3v) is 6.34. The second-order valence-electron chi connectivity index (χ2n) is 7.76. The number of carbonyl (C=O) groups excluding carboxylic acids is 1. The fourth-order valence-electron chi connectivity index (χ4n) is 3.63. The van der Waals surface area contributed by atoms with Crippen molar-refractivity contribution >= 4 is 34.9 Å². The summed E-state index contributed by atoms with van der Waals surface area (Å²) in [7, 11) is 0. The van der Waals surface area contributed by atoms with Gasteiger partial charge in [-0.05, 0) is 61.7 Å². The molecule has 0 unspecified atom stereocenters. The predicted octanol–water partition coefficient (Wildman–Crippen LogP) is 6.91. The Morgan fingerprint density at radius 1 is 1.06 bits per heavy atom. The Hall–Kier alpha value is -3.05. The lowest BCUT2D eigenvalue weighted by molar-refractivity contribution is 0.0987. The zero-order valence-corrected chi connectivity index (χ0v) is 19.0. The molecule has 1 aliphatic rings. The summed E-state index contributed by atoms with van der Waals surface area (Å²) in [6.45, 7) is 6.82. The van der Waals surface area contributed by atoms with Gasteiger partial charge in [-0.1, -0.05) is 55.5 Å². The van der Waals surface area contributed by atoms with E-state index in [4.69, 9.17) is 0 Å². The maximum Gasteiger partial charge on any atom is 0.259 e. The van der Waals surface area contributed by atoms with Crippen LogP contribution in [0.25, 0.3) is 0 Å². The number of pyridine rings is 1. The summed E-state index contributed by atoms with van der Waals surface area (Å²) in [5.74, 6) is 0.889. The summed E-state index contributed by atoms with van der Waals surface area (Å²) in [4.78, 5) is 21.8. The van der Waals surface area contributed by atoms with Gasteiger partial charge >= 0.3 is 0 Å². The van der Waals surface area contributed by atoms with Crippen molar-refractivity contribution in [2.24, 2.45) is 0 Å². The van der Waals surface area contributed by atoms with Crippen LogP contribution in [0.4, 0.5) is 17.2 Å². The van der Waals surface area contributed by atoms with Gasteiger partial charge in [-0.25, -0.2) is 4.98 Å². The molecule has 1 aromatic heterocycles. The van der Waals surface area contributed by atoms with Crippen molar-refractivity contribution in [3.63, 3.8) is 0 Å². The first kappa shape index (κ1) is 21.2. The third-order valence-electron chi connectivity index (χ3n) is 5.22. The van der Waals surface area contributed by atoms with Crippen molar-refractivity contribution in [1.82, 2.24) is 4.98 Å². The molecule has 5 heteroatoms. The Kier molecular flexibility index (Phi) is 6.42. The zero-order chi connectivity index (χ0) is 21.8. The van der Waals surface area contributed by atoms with Gasteiger partial charge in [0.25, 0.3) is 5.91 Å². The number of aromatic nitrogens is 1. The summed E-state index contributed by atoms with van der Waals surface area (Å²) in [5, 5.41) is 3.44. The highest BCUT2D eigenvalue weighted by molar-refractivity contribution is 7.99. The molecule has 1 aliphatic heterocycles. The van der Waals surface area contributed by atoms with Gasteiger partial charge in [-0.3, -0.25) is 4.79 Å². The summed E-state index contributed by atoms with van der Waals surface area (Å²) < 4.78 is 0. The van der Waals surface area contributed by atoms with Crippen molar-refractivity contribution in [3.05, 3.63) is 83.6 Å². The average Bonchev–Trinajstić information content (AvgIpc) is 2.87. The van der Waals surface area contributed by atoms with Crippen molar-refractivity contribution in [2.75, 3.05) is 16.8 Å². The van der Waals surface area contributed by atoms with Crippen LogP contribution in [-0.4, -0.2) is 17.4 Å². The molecular weight excluding hydrogens is 402 g/mol. The Bertz CT molecular complexity index is 1140. The molecule has 1 amide bonds. The number of benzene rings is 2. The number of fused-ring (bicyclic) bond motifs is 2. The van der Waals surface area contributed by atoms with E-state index in [9.17, 15) is 4.79 Å². The average molecular weight is 430 g/mol. The van der Waals surface area contributed by atoms with E-state index < -0.39 is 0 Å². The fraction of sp³-hybridized carbons (Fsp3) is 0.231. The summed E-state index contributed by atoms with van der Waals surface area (Å²) in [5.41, 5.74) is 4.89. The molecule has 0 saturated carbocycles. The van der Waals surface area contributed by atoms with Crippen LogP contribution in [0.1, 0.15) is 41.3 Å². The first-order chi connectivity index (χ1) is 15.1. The monoisotopic (exact) mass is 429 g/mol. The Labute approximate surface area is 188 Å². The van der Waals surface area contributed by atoms with Crippen LogP contribution in [-0.2, 0) is 0 Å². The van der Waals surface area contributed by atoms with Gasteiger partial charge in [0.2, 0.25) is 0 Å². The molecular formula is C26H27N3OS.